The van der Waals surface area contributed by atoms with Crippen LogP contribution in [0.25, 0.3) is 16.6 Å². The Bertz CT molecular complexity index is 1250. The molecular formula is C19H19F2N7O2. The fourth-order valence-corrected chi connectivity index (χ4v) is 3.20. The molecule has 0 radical (unpaired) electrons. The Morgan fingerprint density at radius 3 is 2.77 bits per heavy atom. The molecule has 0 atom stereocenters. The van der Waals surface area contributed by atoms with Crippen molar-refractivity contribution in [3.05, 3.63) is 47.1 Å². The van der Waals surface area contributed by atoms with Gasteiger partial charge >= 0.3 is 0 Å². The zero-order chi connectivity index (χ0) is 21.4. The lowest BCUT2D eigenvalue weighted by atomic mass is 10.2. The standard InChI is InChI=1S/C19H19F2N7O2/c1-10-7-14(26-30-10)18(29)27(2)6-4-3-5-15-23-17-12-8-11(20)9-13(21)16(12)24-19(22)28(17)25-15/h7-9H,3-6H2,1-2H3,(H2,22,24). The van der Waals surface area contributed by atoms with Crippen LogP contribution in [0.3, 0.4) is 0 Å². The van der Waals surface area contributed by atoms with Gasteiger partial charge in [-0.05, 0) is 25.8 Å². The smallest absolute Gasteiger partial charge is 0.275 e. The summed E-state index contributed by atoms with van der Waals surface area (Å²) in [5, 5.41) is 8.22. The Morgan fingerprint density at radius 1 is 1.23 bits per heavy atom. The van der Waals surface area contributed by atoms with Gasteiger partial charge in [0.05, 0.1) is 5.39 Å². The number of nitrogen functional groups attached to an aromatic ring is 1. The van der Waals surface area contributed by atoms with E-state index >= 15 is 0 Å². The molecule has 0 saturated carbocycles. The SMILES string of the molecule is Cc1cc(C(=O)N(C)CCCCc2nc3c4cc(F)cc(F)c4nc(N)n3n2)no1. The summed E-state index contributed by atoms with van der Waals surface area (Å²) in [6, 6.07) is 3.50. The van der Waals surface area contributed by atoms with E-state index in [0.717, 1.165) is 12.1 Å². The van der Waals surface area contributed by atoms with Crippen molar-refractivity contribution in [2.24, 2.45) is 0 Å². The van der Waals surface area contributed by atoms with Crippen LogP contribution >= 0.6 is 0 Å². The van der Waals surface area contributed by atoms with E-state index in [1.165, 1.54) is 4.52 Å². The van der Waals surface area contributed by atoms with Crippen molar-refractivity contribution in [1.82, 2.24) is 29.6 Å². The predicted molar refractivity (Wildman–Crippen MR) is 104 cm³/mol. The van der Waals surface area contributed by atoms with Gasteiger partial charge in [0.1, 0.15) is 17.1 Å². The van der Waals surface area contributed by atoms with Gasteiger partial charge < -0.3 is 15.2 Å². The van der Waals surface area contributed by atoms with Crippen LogP contribution in [0, 0.1) is 18.6 Å². The van der Waals surface area contributed by atoms with Gasteiger partial charge in [-0.15, -0.1) is 5.10 Å². The van der Waals surface area contributed by atoms with Gasteiger partial charge in [0.15, 0.2) is 23.0 Å². The van der Waals surface area contributed by atoms with Crippen LogP contribution in [0.5, 0.6) is 0 Å². The fraction of sp³-hybridized carbons (Fsp3) is 0.316. The Labute approximate surface area is 169 Å². The number of hydrogen-bond acceptors (Lipinski definition) is 7. The summed E-state index contributed by atoms with van der Waals surface area (Å²) in [5.41, 5.74) is 6.33. The van der Waals surface area contributed by atoms with Crippen molar-refractivity contribution in [2.45, 2.75) is 26.2 Å². The average molecular weight is 415 g/mol. The summed E-state index contributed by atoms with van der Waals surface area (Å²) >= 11 is 0. The lowest BCUT2D eigenvalue weighted by Gasteiger charge is -2.14. The molecule has 0 bridgehead atoms. The molecule has 9 nitrogen and oxygen atoms in total. The first-order valence-electron chi connectivity index (χ1n) is 9.32. The largest absolute Gasteiger partial charge is 0.368 e. The number of aromatic nitrogens is 5. The summed E-state index contributed by atoms with van der Waals surface area (Å²) in [5.74, 6) is -0.735. The van der Waals surface area contributed by atoms with Crippen LogP contribution in [0.1, 0.15) is 34.9 Å². The number of carbonyl (C=O) groups excluding carboxylic acids is 1. The van der Waals surface area contributed by atoms with Gasteiger partial charge in [-0.1, -0.05) is 5.16 Å². The Morgan fingerprint density at radius 2 is 2.03 bits per heavy atom. The summed E-state index contributed by atoms with van der Waals surface area (Å²) in [4.78, 5) is 22.2. The van der Waals surface area contributed by atoms with Gasteiger partial charge in [-0.2, -0.15) is 4.52 Å². The van der Waals surface area contributed by atoms with Crippen LogP contribution in [0.4, 0.5) is 14.7 Å². The first-order chi connectivity index (χ1) is 14.3. The molecule has 0 aliphatic heterocycles. The number of hydrogen-bond donors (Lipinski definition) is 1. The molecular weight excluding hydrogens is 396 g/mol. The second-order valence-electron chi connectivity index (χ2n) is 7.02. The second kappa shape index (κ2) is 7.65. The third-order valence-corrected chi connectivity index (χ3v) is 4.70. The number of amides is 1. The monoisotopic (exact) mass is 415 g/mol. The zero-order valence-electron chi connectivity index (χ0n) is 16.4. The zero-order valence-corrected chi connectivity index (χ0v) is 16.4. The van der Waals surface area contributed by atoms with Crippen molar-refractivity contribution in [3.8, 4) is 0 Å². The number of nitrogens with zero attached hydrogens (tertiary/aromatic N) is 6. The van der Waals surface area contributed by atoms with Gasteiger partial charge in [0.25, 0.3) is 5.91 Å². The van der Waals surface area contributed by atoms with Crippen molar-refractivity contribution < 1.29 is 18.1 Å². The third-order valence-electron chi connectivity index (χ3n) is 4.70. The average Bonchev–Trinajstić information content (AvgIpc) is 3.32. The van der Waals surface area contributed by atoms with Crippen LogP contribution in [-0.2, 0) is 6.42 Å². The Kier molecular flexibility index (Phi) is 5.02. The summed E-state index contributed by atoms with van der Waals surface area (Å²) in [6.07, 6.45) is 1.90. The number of nitrogens with two attached hydrogens (primary N) is 1. The van der Waals surface area contributed by atoms with E-state index in [1.807, 2.05) is 0 Å². The number of unbranched alkanes of at least 4 members (excludes halogenated alkanes) is 1. The number of aryl methyl sites for hydroxylation is 2. The van der Waals surface area contributed by atoms with E-state index < -0.39 is 11.6 Å². The molecule has 11 heteroatoms. The van der Waals surface area contributed by atoms with E-state index in [2.05, 4.69) is 20.2 Å². The molecule has 4 aromatic rings. The minimum atomic E-state index is -0.807. The molecule has 0 saturated heterocycles. The van der Waals surface area contributed by atoms with Crippen LogP contribution in [0.15, 0.2) is 22.7 Å². The normalized spacial score (nSPS) is 11.5. The van der Waals surface area contributed by atoms with Crippen LogP contribution < -0.4 is 5.73 Å². The van der Waals surface area contributed by atoms with Crippen molar-refractivity contribution in [3.63, 3.8) is 0 Å². The molecule has 1 amide bonds. The molecule has 0 aliphatic carbocycles. The van der Waals surface area contributed by atoms with E-state index in [1.54, 1.807) is 24.9 Å². The molecule has 4 rings (SSSR count). The summed E-state index contributed by atoms with van der Waals surface area (Å²) in [7, 11) is 1.69. The quantitative estimate of drug-likeness (QED) is 0.481. The highest BCUT2D eigenvalue weighted by Crippen LogP contribution is 2.23. The van der Waals surface area contributed by atoms with E-state index in [-0.39, 0.29) is 34.1 Å². The summed E-state index contributed by atoms with van der Waals surface area (Å²) in [6.45, 7) is 2.24. The highest BCUT2D eigenvalue weighted by Gasteiger charge is 2.17. The molecule has 0 fully saturated rings. The van der Waals surface area contributed by atoms with E-state index in [9.17, 15) is 13.6 Å². The van der Waals surface area contributed by atoms with Gasteiger partial charge in [-0.25, -0.2) is 18.7 Å². The minimum Gasteiger partial charge on any atom is -0.368 e. The fourth-order valence-electron chi connectivity index (χ4n) is 3.20. The van der Waals surface area contributed by atoms with Crippen LogP contribution in [-0.4, -0.2) is 49.1 Å². The molecule has 0 unspecified atom stereocenters. The number of benzene rings is 1. The molecule has 3 heterocycles. The number of halogens is 2. The maximum absolute atomic E-state index is 14.0. The summed E-state index contributed by atoms with van der Waals surface area (Å²) < 4.78 is 33.9. The maximum Gasteiger partial charge on any atom is 0.275 e. The van der Waals surface area contributed by atoms with E-state index in [4.69, 9.17) is 10.3 Å². The minimum absolute atomic E-state index is 0.0324. The van der Waals surface area contributed by atoms with E-state index in [0.29, 0.717) is 37.4 Å². The molecule has 3 aromatic heterocycles. The lowest BCUT2D eigenvalue weighted by Crippen LogP contribution is -2.28. The number of fused-ring (bicyclic) bond motifs is 3. The first-order valence-corrected chi connectivity index (χ1v) is 9.32. The second-order valence-corrected chi connectivity index (χ2v) is 7.02. The van der Waals surface area contributed by atoms with Crippen molar-refractivity contribution in [1.29, 1.82) is 0 Å². The number of anilines is 1. The van der Waals surface area contributed by atoms with Gasteiger partial charge in [0.2, 0.25) is 5.95 Å². The van der Waals surface area contributed by atoms with Gasteiger partial charge in [0, 0.05) is 32.1 Å². The first kappa shape index (κ1) is 19.7. The third kappa shape index (κ3) is 3.65. The highest BCUT2D eigenvalue weighted by molar-refractivity contribution is 5.93. The van der Waals surface area contributed by atoms with Crippen molar-refractivity contribution >= 4 is 28.4 Å². The number of rotatable bonds is 6. The Balaban J connectivity index is 1.44. The maximum atomic E-state index is 14.0. The topological polar surface area (TPSA) is 115 Å². The van der Waals surface area contributed by atoms with Crippen molar-refractivity contribution in [2.75, 3.05) is 19.3 Å². The Hall–Kier alpha value is -3.63. The number of carbonyl (C=O) groups is 1. The molecule has 156 valence electrons. The van der Waals surface area contributed by atoms with Crippen LogP contribution in [0.2, 0.25) is 0 Å². The molecule has 0 spiro atoms. The molecule has 0 aliphatic rings. The highest BCUT2D eigenvalue weighted by atomic mass is 19.1. The molecule has 30 heavy (non-hydrogen) atoms. The molecule has 1 aromatic carbocycles. The molecule has 2 N–H and O–H groups in total. The van der Waals surface area contributed by atoms with Gasteiger partial charge in [-0.3, -0.25) is 4.79 Å². The predicted octanol–water partition coefficient (Wildman–Crippen LogP) is 2.53. The lowest BCUT2D eigenvalue weighted by molar-refractivity contribution is 0.0782.